The van der Waals surface area contributed by atoms with Crippen LogP contribution in [0.1, 0.15) is 18.0 Å². The molecule has 6 heteroatoms. The van der Waals surface area contributed by atoms with Crippen LogP contribution in [0.4, 0.5) is 23.2 Å². The van der Waals surface area contributed by atoms with Crippen molar-refractivity contribution in [3.8, 4) is 0 Å². The van der Waals surface area contributed by atoms with Gasteiger partial charge in [-0.3, -0.25) is 0 Å². The van der Waals surface area contributed by atoms with Gasteiger partial charge in [-0.25, -0.2) is 17.6 Å². The number of rotatable bonds is 2. The lowest BCUT2D eigenvalue weighted by molar-refractivity contribution is 0.447. The molecule has 1 atom stereocenters. The standard InChI is InChI=1S/C15H11F4NS/c16-10-3-1-2-9-13(4-5-21-15(9)10)20-8-6-11(17)14(19)12(18)7-8/h1-3,6-7,13,20H,4-5H2. The quantitative estimate of drug-likeness (QED) is 0.625. The van der Waals surface area contributed by atoms with Crippen molar-refractivity contribution >= 4 is 17.4 Å². The summed E-state index contributed by atoms with van der Waals surface area (Å²) in [4.78, 5) is 0.546. The van der Waals surface area contributed by atoms with Crippen LogP contribution >= 0.6 is 11.8 Å². The highest BCUT2D eigenvalue weighted by Crippen LogP contribution is 2.39. The first-order valence-corrected chi connectivity index (χ1v) is 7.37. The van der Waals surface area contributed by atoms with E-state index in [2.05, 4.69) is 5.32 Å². The number of hydrogen-bond acceptors (Lipinski definition) is 2. The van der Waals surface area contributed by atoms with E-state index in [0.29, 0.717) is 17.1 Å². The third-order valence-electron chi connectivity index (χ3n) is 3.35. The van der Waals surface area contributed by atoms with Gasteiger partial charge in [0, 0.05) is 28.5 Å². The molecule has 0 fully saturated rings. The summed E-state index contributed by atoms with van der Waals surface area (Å²) in [6.45, 7) is 0. The molecule has 1 aliphatic rings. The topological polar surface area (TPSA) is 12.0 Å². The van der Waals surface area contributed by atoms with Crippen LogP contribution < -0.4 is 5.32 Å². The molecule has 0 amide bonds. The molecule has 110 valence electrons. The maximum absolute atomic E-state index is 13.7. The summed E-state index contributed by atoms with van der Waals surface area (Å²) < 4.78 is 53.2. The van der Waals surface area contributed by atoms with Crippen LogP contribution in [0.15, 0.2) is 35.2 Å². The number of hydrogen-bond donors (Lipinski definition) is 1. The van der Waals surface area contributed by atoms with Gasteiger partial charge in [0.1, 0.15) is 5.82 Å². The lowest BCUT2D eigenvalue weighted by Crippen LogP contribution is -2.17. The van der Waals surface area contributed by atoms with Crippen LogP contribution in [0, 0.1) is 23.3 Å². The van der Waals surface area contributed by atoms with E-state index in [9.17, 15) is 17.6 Å². The molecule has 0 spiro atoms. The summed E-state index contributed by atoms with van der Waals surface area (Å²) in [6, 6.07) is 6.30. The van der Waals surface area contributed by atoms with Gasteiger partial charge in [0.15, 0.2) is 17.5 Å². The smallest absolute Gasteiger partial charge is 0.194 e. The van der Waals surface area contributed by atoms with Gasteiger partial charge < -0.3 is 5.32 Å². The number of fused-ring (bicyclic) bond motifs is 1. The van der Waals surface area contributed by atoms with E-state index in [4.69, 9.17) is 0 Å². The first-order valence-electron chi connectivity index (χ1n) is 6.38. The van der Waals surface area contributed by atoms with Gasteiger partial charge in [0.25, 0.3) is 0 Å². The Bertz CT molecular complexity index is 666. The summed E-state index contributed by atoms with van der Waals surface area (Å²) in [5, 5.41) is 2.95. The van der Waals surface area contributed by atoms with Crippen LogP contribution in [0.5, 0.6) is 0 Å². The summed E-state index contributed by atoms with van der Waals surface area (Å²) in [5.41, 5.74) is 0.884. The minimum absolute atomic E-state index is 0.138. The molecule has 1 nitrogen and oxygen atoms in total. The Balaban J connectivity index is 1.92. The van der Waals surface area contributed by atoms with Gasteiger partial charge in [-0.1, -0.05) is 12.1 Å². The van der Waals surface area contributed by atoms with Crippen molar-refractivity contribution in [2.24, 2.45) is 0 Å². The van der Waals surface area contributed by atoms with E-state index in [0.717, 1.165) is 17.7 Å². The lowest BCUT2D eigenvalue weighted by Gasteiger charge is -2.27. The minimum atomic E-state index is -1.49. The second kappa shape index (κ2) is 5.60. The lowest BCUT2D eigenvalue weighted by atomic mass is 10.0. The Labute approximate surface area is 123 Å². The third kappa shape index (κ3) is 2.72. The van der Waals surface area contributed by atoms with E-state index >= 15 is 0 Å². The minimum Gasteiger partial charge on any atom is -0.378 e. The summed E-state index contributed by atoms with van der Waals surface area (Å²) in [7, 11) is 0. The van der Waals surface area contributed by atoms with Crippen molar-refractivity contribution in [3.63, 3.8) is 0 Å². The Morgan fingerprint density at radius 3 is 2.43 bits per heavy atom. The molecule has 0 saturated carbocycles. The summed E-state index contributed by atoms with van der Waals surface area (Å²) in [6.07, 6.45) is 0.682. The highest BCUT2D eigenvalue weighted by molar-refractivity contribution is 7.99. The molecule has 0 aliphatic carbocycles. The van der Waals surface area contributed by atoms with E-state index < -0.39 is 17.5 Å². The summed E-state index contributed by atoms with van der Waals surface area (Å²) >= 11 is 1.42. The van der Waals surface area contributed by atoms with Crippen LogP contribution in [-0.2, 0) is 0 Å². The predicted octanol–water partition coefficient (Wildman–Crippen LogP) is 4.89. The third-order valence-corrected chi connectivity index (χ3v) is 4.51. The molecule has 1 unspecified atom stereocenters. The molecular weight excluding hydrogens is 302 g/mol. The molecule has 2 aromatic rings. The van der Waals surface area contributed by atoms with E-state index in [1.165, 1.54) is 17.8 Å². The van der Waals surface area contributed by atoms with Gasteiger partial charge in [-0.15, -0.1) is 11.8 Å². The summed E-state index contributed by atoms with van der Waals surface area (Å²) in [5.74, 6) is -3.60. The van der Waals surface area contributed by atoms with Crippen molar-refractivity contribution in [2.45, 2.75) is 17.4 Å². The fraction of sp³-hybridized carbons (Fsp3) is 0.200. The molecule has 1 N–H and O–H groups in total. The fourth-order valence-corrected chi connectivity index (χ4v) is 3.52. The number of benzene rings is 2. The molecule has 21 heavy (non-hydrogen) atoms. The van der Waals surface area contributed by atoms with Crippen LogP contribution in [0.3, 0.4) is 0 Å². The molecule has 1 aliphatic heterocycles. The Morgan fingerprint density at radius 2 is 1.71 bits per heavy atom. The van der Waals surface area contributed by atoms with Gasteiger partial charge in [0.05, 0.1) is 6.04 Å². The van der Waals surface area contributed by atoms with E-state index in [1.807, 2.05) is 0 Å². The molecule has 0 bridgehead atoms. The van der Waals surface area contributed by atoms with Crippen molar-refractivity contribution in [2.75, 3.05) is 11.1 Å². The fourth-order valence-electron chi connectivity index (χ4n) is 2.38. The zero-order valence-corrected chi connectivity index (χ0v) is 11.6. The van der Waals surface area contributed by atoms with Gasteiger partial charge in [-0.2, -0.15) is 0 Å². The molecule has 1 heterocycles. The van der Waals surface area contributed by atoms with Crippen LogP contribution in [-0.4, -0.2) is 5.75 Å². The van der Waals surface area contributed by atoms with Crippen molar-refractivity contribution in [3.05, 3.63) is 59.2 Å². The van der Waals surface area contributed by atoms with E-state index in [1.54, 1.807) is 12.1 Å². The largest absolute Gasteiger partial charge is 0.378 e. The monoisotopic (exact) mass is 313 g/mol. The Hall–Kier alpha value is -1.69. The average Bonchev–Trinajstić information content (AvgIpc) is 2.46. The van der Waals surface area contributed by atoms with Crippen molar-refractivity contribution in [1.82, 2.24) is 0 Å². The average molecular weight is 313 g/mol. The van der Waals surface area contributed by atoms with Crippen LogP contribution in [0.25, 0.3) is 0 Å². The normalized spacial score (nSPS) is 17.4. The Morgan fingerprint density at radius 1 is 1.00 bits per heavy atom. The first kappa shape index (κ1) is 14.3. The maximum Gasteiger partial charge on any atom is 0.194 e. The van der Waals surface area contributed by atoms with Crippen LogP contribution in [0.2, 0.25) is 0 Å². The molecular formula is C15H11F4NS. The van der Waals surface area contributed by atoms with Gasteiger partial charge >= 0.3 is 0 Å². The molecule has 2 aromatic carbocycles. The Kier molecular flexibility index (Phi) is 3.80. The number of halogens is 4. The first-order chi connectivity index (χ1) is 10.1. The van der Waals surface area contributed by atoms with Gasteiger partial charge in [0.2, 0.25) is 0 Å². The second-order valence-corrected chi connectivity index (χ2v) is 5.85. The van der Waals surface area contributed by atoms with E-state index in [-0.39, 0.29) is 17.5 Å². The zero-order valence-electron chi connectivity index (χ0n) is 10.8. The van der Waals surface area contributed by atoms with Crippen molar-refractivity contribution < 1.29 is 17.6 Å². The number of thioether (sulfide) groups is 1. The SMILES string of the molecule is Fc1cc(NC2CCSc3c(F)cccc32)cc(F)c1F. The zero-order chi connectivity index (χ0) is 15.0. The van der Waals surface area contributed by atoms with Crippen molar-refractivity contribution in [1.29, 1.82) is 0 Å². The van der Waals surface area contributed by atoms with Gasteiger partial charge in [-0.05, 0) is 18.1 Å². The number of nitrogens with one attached hydrogen (secondary N) is 1. The number of anilines is 1. The second-order valence-electron chi connectivity index (χ2n) is 4.75. The molecule has 0 saturated heterocycles. The predicted molar refractivity (Wildman–Crippen MR) is 74.4 cm³/mol. The molecule has 0 radical (unpaired) electrons. The maximum atomic E-state index is 13.7. The highest BCUT2D eigenvalue weighted by atomic mass is 32.2. The molecule has 0 aromatic heterocycles. The highest BCUT2D eigenvalue weighted by Gasteiger charge is 2.23. The molecule has 3 rings (SSSR count).